The van der Waals surface area contributed by atoms with Crippen molar-refractivity contribution in [3.05, 3.63) is 46.9 Å². The van der Waals surface area contributed by atoms with Crippen LogP contribution in [-0.4, -0.2) is 52.6 Å². The molecule has 29 heavy (non-hydrogen) atoms. The Kier molecular flexibility index (Phi) is 6.68. The first-order chi connectivity index (χ1) is 14.0. The molecule has 1 aromatic heterocycles. The van der Waals surface area contributed by atoms with Gasteiger partial charge in [-0.05, 0) is 31.0 Å². The van der Waals surface area contributed by atoms with Crippen molar-refractivity contribution in [2.75, 3.05) is 37.4 Å². The van der Waals surface area contributed by atoms with Crippen molar-refractivity contribution in [1.29, 1.82) is 0 Å². The fourth-order valence-corrected chi connectivity index (χ4v) is 3.39. The Hall–Kier alpha value is -3.11. The third-order valence-corrected chi connectivity index (χ3v) is 5.13. The number of aliphatic hydroxyl groups excluding tert-OH is 1. The number of carbonyl (C=O) groups is 1. The van der Waals surface area contributed by atoms with Gasteiger partial charge in [0.05, 0.1) is 12.1 Å². The molecule has 0 unspecified atom stereocenters. The zero-order valence-corrected chi connectivity index (χ0v) is 17.0. The molecule has 3 N–H and O–H groups in total. The lowest BCUT2D eigenvalue weighted by molar-refractivity contribution is -0.128. The topological polar surface area (TPSA) is 95.6 Å². The summed E-state index contributed by atoms with van der Waals surface area (Å²) in [5.41, 5.74) is 11.2. The first kappa shape index (κ1) is 20.6. The second-order valence-electron chi connectivity index (χ2n) is 7.23. The Morgan fingerprint density at radius 1 is 1.38 bits per heavy atom. The monoisotopic (exact) mass is 393 g/mol. The van der Waals surface area contributed by atoms with Gasteiger partial charge in [-0.1, -0.05) is 17.9 Å². The molecule has 7 nitrogen and oxygen atoms in total. The van der Waals surface area contributed by atoms with E-state index in [1.165, 1.54) is 6.33 Å². The molecule has 0 saturated carbocycles. The Labute approximate surface area is 171 Å². The van der Waals surface area contributed by atoms with Crippen LogP contribution in [0.15, 0.2) is 24.5 Å². The molecule has 3 rings (SSSR count). The first-order valence-electron chi connectivity index (χ1n) is 9.77. The van der Waals surface area contributed by atoms with Crippen molar-refractivity contribution in [3.8, 4) is 11.8 Å². The highest BCUT2D eigenvalue weighted by atomic mass is 16.3. The number of aryl methyl sites for hydroxylation is 1. The number of rotatable bonds is 5. The molecule has 0 spiro atoms. The highest BCUT2D eigenvalue weighted by Crippen LogP contribution is 2.28. The van der Waals surface area contributed by atoms with E-state index in [1.54, 1.807) is 11.9 Å². The smallest absolute Gasteiger partial charge is 0.234 e. The molecule has 1 aromatic carbocycles. The van der Waals surface area contributed by atoms with Gasteiger partial charge in [0.15, 0.2) is 0 Å². The molecular formula is C22H27N5O2. The lowest BCUT2D eigenvalue weighted by atomic mass is 10.0. The van der Waals surface area contributed by atoms with Gasteiger partial charge in [0, 0.05) is 56.5 Å². The van der Waals surface area contributed by atoms with Gasteiger partial charge in [0.25, 0.3) is 0 Å². The second kappa shape index (κ2) is 9.39. The molecule has 2 heterocycles. The molecule has 0 bridgehead atoms. The summed E-state index contributed by atoms with van der Waals surface area (Å²) in [4.78, 5) is 24.4. The maximum Gasteiger partial charge on any atom is 0.234 e. The quantitative estimate of drug-likeness (QED) is 0.748. The van der Waals surface area contributed by atoms with E-state index in [4.69, 9.17) is 10.8 Å². The van der Waals surface area contributed by atoms with Gasteiger partial charge >= 0.3 is 0 Å². The van der Waals surface area contributed by atoms with Crippen molar-refractivity contribution in [3.63, 3.8) is 0 Å². The third kappa shape index (κ3) is 5.04. The van der Waals surface area contributed by atoms with E-state index >= 15 is 0 Å². The summed E-state index contributed by atoms with van der Waals surface area (Å²) >= 11 is 0. The van der Waals surface area contributed by atoms with Crippen LogP contribution in [-0.2, 0) is 17.8 Å². The molecular weight excluding hydrogens is 366 g/mol. The molecule has 1 aliphatic rings. The molecule has 7 heteroatoms. The number of anilines is 2. The Morgan fingerprint density at radius 3 is 3.00 bits per heavy atom. The number of aromatic nitrogens is 2. The van der Waals surface area contributed by atoms with Crippen LogP contribution in [0.5, 0.6) is 0 Å². The van der Waals surface area contributed by atoms with Gasteiger partial charge in [-0.2, -0.15) is 0 Å². The van der Waals surface area contributed by atoms with Crippen LogP contribution in [0.3, 0.4) is 0 Å². The molecule has 0 saturated heterocycles. The van der Waals surface area contributed by atoms with Crippen molar-refractivity contribution >= 4 is 17.4 Å². The van der Waals surface area contributed by atoms with Crippen LogP contribution < -0.4 is 10.6 Å². The molecule has 0 fully saturated rings. The minimum absolute atomic E-state index is 0.0404. The SMILES string of the molecule is Cc1ccc(C#CCC(=O)N(C)CCCO)cc1N1CCc2ncnc(N)c2C1. The summed E-state index contributed by atoms with van der Waals surface area (Å²) in [7, 11) is 1.73. The average Bonchev–Trinajstić information content (AvgIpc) is 2.73. The first-order valence-corrected chi connectivity index (χ1v) is 9.77. The summed E-state index contributed by atoms with van der Waals surface area (Å²) in [5.74, 6) is 6.57. The van der Waals surface area contributed by atoms with Crippen molar-refractivity contribution in [2.24, 2.45) is 0 Å². The third-order valence-electron chi connectivity index (χ3n) is 5.13. The van der Waals surface area contributed by atoms with Crippen molar-refractivity contribution < 1.29 is 9.90 Å². The zero-order valence-electron chi connectivity index (χ0n) is 17.0. The fraction of sp³-hybridized carbons (Fsp3) is 0.409. The van der Waals surface area contributed by atoms with E-state index in [0.29, 0.717) is 25.3 Å². The van der Waals surface area contributed by atoms with Gasteiger partial charge in [0.2, 0.25) is 5.91 Å². The minimum atomic E-state index is -0.0404. The number of hydrogen-bond donors (Lipinski definition) is 2. The predicted molar refractivity (Wildman–Crippen MR) is 113 cm³/mol. The molecule has 0 radical (unpaired) electrons. The van der Waals surface area contributed by atoms with Gasteiger partial charge in [-0.3, -0.25) is 4.79 Å². The summed E-state index contributed by atoms with van der Waals surface area (Å²) in [6.45, 7) is 4.22. The summed E-state index contributed by atoms with van der Waals surface area (Å²) in [5, 5.41) is 8.86. The predicted octanol–water partition coefficient (Wildman–Crippen LogP) is 1.51. The van der Waals surface area contributed by atoms with Gasteiger partial charge in [0.1, 0.15) is 12.1 Å². The van der Waals surface area contributed by atoms with E-state index < -0.39 is 0 Å². The summed E-state index contributed by atoms with van der Waals surface area (Å²) in [6, 6.07) is 6.09. The van der Waals surface area contributed by atoms with Crippen LogP contribution in [0.25, 0.3) is 0 Å². The summed E-state index contributed by atoms with van der Waals surface area (Å²) in [6.07, 6.45) is 3.08. The Balaban J connectivity index is 1.71. The molecule has 1 amide bonds. The van der Waals surface area contributed by atoms with E-state index in [-0.39, 0.29) is 18.9 Å². The highest BCUT2D eigenvalue weighted by Gasteiger charge is 2.21. The summed E-state index contributed by atoms with van der Waals surface area (Å²) < 4.78 is 0. The van der Waals surface area contributed by atoms with E-state index in [1.807, 2.05) is 6.07 Å². The van der Waals surface area contributed by atoms with Gasteiger partial charge in [-0.15, -0.1) is 0 Å². The van der Waals surface area contributed by atoms with Crippen LogP contribution >= 0.6 is 0 Å². The molecule has 152 valence electrons. The Morgan fingerprint density at radius 2 is 2.21 bits per heavy atom. The number of benzene rings is 1. The number of amides is 1. The normalized spacial score (nSPS) is 12.7. The standard InChI is InChI=1S/C22H27N5O2/c1-16-7-8-17(5-3-6-21(29)26(2)10-4-12-28)13-20(16)27-11-9-19-18(14-27)22(23)25-15-24-19/h7-8,13,15,28H,4,6,9-12,14H2,1-2H3,(H2,23,24,25). The van der Waals surface area contributed by atoms with E-state index in [9.17, 15) is 4.79 Å². The van der Waals surface area contributed by atoms with Gasteiger partial charge < -0.3 is 20.6 Å². The number of nitrogens with zero attached hydrogens (tertiary/aromatic N) is 4. The van der Waals surface area contributed by atoms with E-state index in [2.05, 4.69) is 45.8 Å². The lowest BCUT2D eigenvalue weighted by Crippen LogP contribution is -2.32. The largest absolute Gasteiger partial charge is 0.396 e. The number of aliphatic hydroxyl groups is 1. The number of carbonyl (C=O) groups excluding carboxylic acids is 1. The maximum absolute atomic E-state index is 12.1. The van der Waals surface area contributed by atoms with Crippen LogP contribution in [0.1, 0.15) is 35.2 Å². The van der Waals surface area contributed by atoms with Crippen LogP contribution in [0, 0.1) is 18.8 Å². The minimum Gasteiger partial charge on any atom is -0.396 e. The Bertz CT molecular complexity index is 948. The lowest BCUT2D eigenvalue weighted by Gasteiger charge is -2.31. The number of fused-ring (bicyclic) bond motifs is 1. The number of nitrogen functional groups attached to an aromatic ring is 1. The van der Waals surface area contributed by atoms with Crippen molar-refractivity contribution in [2.45, 2.75) is 32.7 Å². The van der Waals surface area contributed by atoms with Crippen LogP contribution in [0.2, 0.25) is 0 Å². The van der Waals surface area contributed by atoms with Crippen LogP contribution in [0.4, 0.5) is 11.5 Å². The zero-order chi connectivity index (χ0) is 20.8. The molecule has 0 atom stereocenters. The molecule has 0 aliphatic carbocycles. The maximum atomic E-state index is 12.1. The van der Waals surface area contributed by atoms with E-state index in [0.717, 1.165) is 41.0 Å². The average molecular weight is 393 g/mol. The highest BCUT2D eigenvalue weighted by molar-refractivity contribution is 5.78. The number of nitrogens with two attached hydrogens (primary N) is 1. The molecule has 2 aromatic rings. The van der Waals surface area contributed by atoms with Crippen molar-refractivity contribution in [1.82, 2.24) is 14.9 Å². The second-order valence-corrected chi connectivity index (χ2v) is 7.23. The fourth-order valence-electron chi connectivity index (χ4n) is 3.39. The molecule has 1 aliphatic heterocycles. The van der Waals surface area contributed by atoms with Gasteiger partial charge in [-0.25, -0.2) is 9.97 Å². The number of hydrogen-bond acceptors (Lipinski definition) is 6.